The number of benzene rings is 11. The van der Waals surface area contributed by atoms with Crippen molar-refractivity contribution in [3.63, 3.8) is 0 Å². The number of rotatable bonds is 6. The predicted octanol–water partition coefficient (Wildman–Crippen LogP) is 16.7. The summed E-state index contributed by atoms with van der Waals surface area (Å²) in [5, 5.41) is 7.48. The molecule has 0 fully saturated rings. The molecule has 0 saturated heterocycles. The maximum atomic E-state index is 2.49. The highest BCUT2D eigenvalue weighted by atomic mass is 15.0. The molecule has 0 unspecified atom stereocenters. The highest BCUT2D eigenvalue weighted by molar-refractivity contribution is 6.17. The molecule has 312 valence electrons. The van der Waals surface area contributed by atoms with Crippen molar-refractivity contribution in [1.82, 2.24) is 9.13 Å². The van der Waals surface area contributed by atoms with Gasteiger partial charge in [0.05, 0.1) is 33.2 Å². The summed E-state index contributed by atoms with van der Waals surface area (Å²) in [6, 6.07) is 94.4. The Labute approximate surface area is 388 Å². The number of fused-ring (bicyclic) bond motifs is 11. The fourth-order valence-electron chi connectivity index (χ4n) is 11.8. The van der Waals surface area contributed by atoms with Crippen LogP contribution in [0.5, 0.6) is 0 Å². The first-order valence-corrected chi connectivity index (χ1v) is 23.3. The summed E-state index contributed by atoms with van der Waals surface area (Å²) < 4.78 is 4.94. The van der Waals surface area contributed by atoms with Gasteiger partial charge in [-0.15, -0.1) is 0 Å². The van der Waals surface area contributed by atoms with Gasteiger partial charge in [0.1, 0.15) is 0 Å². The predicted molar refractivity (Wildman–Crippen MR) is 281 cm³/mol. The van der Waals surface area contributed by atoms with Gasteiger partial charge in [0.2, 0.25) is 0 Å². The van der Waals surface area contributed by atoms with Crippen LogP contribution in [0.25, 0.3) is 99.1 Å². The number of hydrogen-bond acceptors (Lipinski definition) is 0. The highest BCUT2D eigenvalue weighted by Crippen LogP contribution is 2.59. The maximum Gasteiger partial charge on any atom is 0.0720 e. The second kappa shape index (κ2) is 14.7. The Hall–Kier alpha value is -8.72. The van der Waals surface area contributed by atoms with Crippen LogP contribution >= 0.6 is 0 Å². The van der Waals surface area contributed by atoms with Crippen molar-refractivity contribution >= 4 is 54.4 Å². The quantitative estimate of drug-likeness (QED) is 0.158. The Kier molecular flexibility index (Phi) is 8.23. The van der Waals surface area contributed by atoms with Gasteiger partial charge in [-0.25, -0.2) is 0 Å². The second-order valence-electron chi connectivity index (χ2n) is 18.0. The third kappa shape index (κ3) is 5.45. The molecule has 67 heavy (non-hydrogen) atoms. The van der Waals surface area contributed by atoms with Gasteiger partial charge in [-0.1, -0.05) is 200 Å². The summed E-state index contributed by atoms with van der Waals surface area (Å²) in [6.45, 7) is 0. The van der Waals surface area contributed by atoms with Crippen LogP contribution in [-0.4, -0.2) is 9.13 Å². The van der Waals surface area contributed by atoms with E-state index < -0.39 is 5.41 Å². The minimum absolute atomic E-state index is 0.567. The van der Waals surface area contributed by atoms with Gasteiger partial charge in [-0.05, 0) is 116 Å². The molecule has 0 radical (unpaired) electrons. The molecule has 2 nitrogen and oxygen atoms in total. The van der Waals surface area contributed by atoms with E-state index in [1.54, 1.807) is 0 Å². The van der Waals surface area contributed by atoms with E-state index >= 15 is 0 Å². The zero-order chi connectivity index (χ0) is 44.1. The molecule has 2 heterocycles. The van der Waals surface area contributed by atoms with Crippen LogP contribution < -0.4 is 0 Å². The third-order valence-corrected chi connectivity index (χ3v) is 14.6. The number of aromatic nitrogens is 2. The van der Waals surface area contributed by atoms with Crippen molar-refractivity contribution in [3.05, 3.63) is 277 Å². The molecule has 0 amide bonds. The highest BCUT2D eigenvalue weighted by Gasteiger charge is 2.47. The van der Waals surface area contributed by atoms with E-state index in [9.17, 15) is 0 Å². The lowest BCUT2D eigenvalue weighted by Crippen LogP contribution is -2.28. The zero-order valence-corrected chi connectivity index (χ0v) is 36.6. The number of para-hydroxylation sites is 1. The van der Waals surface area contributed by atoms with E-state index in [1.807, 2.05) is 0 Å². The lowest BCUT2D eigenvalue weighted by molar-refractivity contribution is 0.776. The first-order valence-electron chi connectivity index (χ1n) is 23.3. The van der Waals surface area contributed by atoms with Crippen LogP contribution in [0.3, 0.4) is 0 Å². The molecule has 0 atom stereocenters. The topological polar surface area (TPSA) is 9.86 Å². The van der Waals surface area contributed by atoms with Crippen LogP contribution in [0.1, 0.15) is 22.3 Å². The van der Waals surface area contributed by atoms with E-state index in [4.69, 9.17) is 0 Å². The standard InChI is InChI=1S/C65H42N2/c1-4-17-43(18-5-1)44-31-35-50(36-32-44)66-61-39-34-47(46-33-38-60-55(41-46)53-27-13-15-29-59(53)67(60)58-30-16-20-45-19-10-11-25-51(45)58)42-56(61)63-62(66)40-37-54-52-26-12-14-28-57(52)65(64(54)63,48-21-6-2-7-22-48)49-23-8-3-9-24-49/h1-42H. The smallest absolute Gasteiger partial charge is 0.0720 e. The van der Waals surface area contributed by atoms with E-state index in [0.29, 0.717) is 0 Å². The van der Waals surface area contributed by atoms with Crippen LogP contribution in [-0.2, 0) is 5.41 Å². The summed E-state index contributed by atoms with van der Waals surface area (Å²) in [4.78, 5) is 0. The minimum atomic E-state index is -0.567. The first-order chi connectivity index (χ1) is 33.3. The summed E-state index contributed by atoms with van der Waals surface area (Å²) in [5.41, 5.74) is 19.1. The summed E-state index contributed by atoms with van der Waals surface area (Å²) >= 11 is 0. The molecule has 0 saturated carbocycles. The Morgan fingerprint density at radius 1 is 0.299 bits per heavy atom. The lowest BCUT2D eigenvalue weighted by atomic mass is 9.67. The molecule has 2 heteroatoms. The van der Waals surface area contributed by atoms with Crippen molar-refractivity contribution in [1.29, 1.82) is 0 Å². The number of nitrogens with zero attached hydrogens (tertiary/aromatic N) is 2. The van der Waals surface area contributed by atoms with Gasteiger partial charge >= 0.3 is 0 Å². The zero-order valence-electron chi connectivity index (χ0n) is 36.6. The van der Waals surface area contributed by atoms with Crippen molar-refractivity contribution in [2.45, 2.75) is 5.41 Å². The molecule has 0 bridgehead atoms. The monoisotopic (exact) mass is 850 g/mol. The fourth-order valence-corrected chi connectivity index (χ4v) is 11.8. The van der Waals surface area contributed by atoms with E-state index in [-0.39, 0.29) is 0 Å². The van der Waals surface area contributed by atoms with Crippen LogP contribution in [0.2, 0.25) is 0 Å². The van der Waals surface area contributed by atoms with Gasteiger partial charge in [0, 0.05) is 32.6 Å². The maximum absolute atomic E-state index is 2.49. The van der Waals surface area contributed by atoms with Gasteiger partial charge in [-0.3, -0.25) is 0 Å². The average molecular weight is 851 g/mol. The average Bonchev–Trinajstić information content (AvgIpc) is 4.03. The molecule has 0 spiro atoms. The van der Waals surface area contributed by atoms with Gasteiger partial charge < -0.3 is 9.13 Å². The van der Waals surface area contributed by atoms with Gasteiger partial charge in [0.15, 0.2) is 0 Å². The molecular weight excluding hydrogens is 809 g/mol. The summed E-state index contributed by atoms with van der Waals surface area (Å²) in [6.07, 6.45) is 0. The Balaban J connectivity index is 1.06. The van der Waals surface area contributed by atoms with Crippen molar-refractivity contribution in [2.24, 2.45) is 0 Å². The Morgan fingerprint density at radius 2 is 0.836 bits per heavy atom. The molecule has 1 aliphatic rings. The molecular formula is C65H42N2. The largest absolute Gasteiger partial charge is 0.309 e. The molecule has 11 aromatic carbocycles. The van der Waals surface area contributed by atoms with Gasteiger partial charge in [-0.2, -0.15) is 0 Å². The Morgan fingerprint density at radius 3 is 1.58 bits per heavy atom. The molecule has 14 rings (SSSR count). The minimum Gasteiger partial charge on any atom is -0.309 e. The molecule has 13 aromatic rings. The normalized spacial score (nSPS) is 12.9. The van der Waals surface area contributed by atoms with Gasteiger partial charge in [0.25, 0.3) is 0 Å². The second-order valence-corrected chi connectivity index (χ2v) is 18.0. The Bertz CT molecular complexity index is 4020. The van der Waals surface area contributed by atoms with E-state index in [2.05, 4.69) is 264 Å². The first kappa shape index (κ1) is 37.6. The molecule has 0 aliphatic heterocycles. The van der Waals surface area contributed by atoms with E-state index in [0.717, 1.165) is 5.69 Å². The molecule has 1 aliphatic carbocycles. The summed E-state index contributed by atoms with van der Waals surface area (Å²) in [5.74, 6) is 0. The third-order valence-electron chi connectivity index (χ3n) is 14.6. The molecule has 2 aromatic heterocycles. The SMILES string of the molecule is c1ccc(-c2ccc(-n3c4ccc(-c5ccc6c(c5)c5ccccc5n6-c5cccc6ccccc56)cc4c4c5c(ccc43)-c3ccccc3C5(c3ccccc3)c3ccccc3)cc2)cc1. The molecule has 0 N–H and O–H groups in total. The lowest BCUT2D eigenvalue weighted by Gasteiger charge is -2.34. The fraction of sp³-hybridized carbons (Fsp3) is 0.0154. The van der Waals surface area contributed by atoms with E-state index in [1.165, 1.54) is 116 Å². The summed E-state index contributed by atoms with van der Waals surface area (Å²) in [7, 11) is 0. The van der Waals surface area contributed by atoms with Crippen molar-refractivity contribution in [3.8, 4) is 44.8 Å². The van der Waals surface area contributed by atoms with Crippen LogP contribution in [0, 0.1) is 0 Å². The number of hydrogen-bond donors (Lipinski definition) is 0. The van der Waals surface area contributed by atoms with Crippen LogP contribution in [0.15, 0.2) is 255 Å². The van der Waals surface area contributed by atoms with Crippen LogP contribution in [0.4, 0.5) is 0 Å². The van der Waals surface area contributed by atoms with Crippen molar-refractivity contribution in [2.75, 3.05) is 0 Å². The van der Waals surface area contributed by atoms with Crippen molar-refractivity contribution < 1.29 is 0 Å².